The van der Waals surface area contributed by atoms with Crippen molar-refractivity contribution in [1.82, 2.24) is 10.2 Å². The van der Waals surface area contributed by atoms with Gasteiger partial charge in [0.05, 0.1) is 0 Å². The molecule has 2 aromatic rings. The minimum absolute atomic E-state index is 0.0850. The summed E-state index contributed by atoms with van der Waals surface area (Å²) in [6.45, 7) is 7.44. The number of nitrogen functional groups attached to an aromatic ring is 1. The summed E-state index contributed by atoms with van der Waals surface area (Å²) < 4.78 is 0. The van der Waals surface area contributed by atoms with Crippen molar-refractivity contribution in [3.63, 3.8) is 0 Å². The molecule has 1 aliphatic rings. The maximum Gasteiger partial charge on any atom is 0.253 e. The number of hydrogen-bond donors (Lipinski definition) is 2. The van der Waals surface area contributed by atoms with E-state index >= 15 is 0 Å². The van der Waals surface area contributed by atoms with Crippen LogP contribution < -0.4 is 11.1 Å². The average molecular weight is 364 g/mol. The molecule has 1 saturated heterocycles. The molecule has 4 heteroatoms. The second-order valence-corrected chi connectivity index (χ2v) is 6.87. The van der Waals surface area contributed by atoms with E-state index in [-0.39, 0.29) is 5.91 Å². The van der Waals surface area contributed by atoms with Crippen molar-refractivity contribution in [2.45, 2.75) is 26.7 Å². The SMILES string of the molecule is CCN(CC)C(=O)c1ccc(C(=C2CCNCC2)c2ccccc2N)cc1. The van der Waals surface area contributed by atoms with Crippen molar-refractivity contribution in [2.75, 3.05) is 31.9 Å². The topological polar surface area (TPSA) is 58.4 Å². The van der Waals surface area contributed by atoms with Gasteiger partial charge in [0, 0.05) is 29.9 Å². The summed E-state index contributed by atoms with van der Waals surface area (Å²) in [5, 5.41) is 3.42. The molecule has 1 heterocycles. The molecule has 0 saturated carbocycles. The second kappa shape index (κ2) is 8.87. The fourth-order valence-electron chi connectivity index (χ4n) is 3.73. The third kappa shape index (κ3) is 4.22. The number of nitrogens with two attached hydrogens (primary N) is 1. The molecule has 3 rings (SSSR count). The largest absolute Gasteiger partial charge is 0.398 e. The quantitative estimate of drug-likeness (QED) is 0.791. The molecule has 142 valence electrons. The Morgan fingerprint density at radius 1 is 0.963 bits per heavy atom. The Kier molecular flexibility index (Phi) is 6.30. The van der Waals surface area contributed by atoms with E-state index in [9.17, 15) is 4.79 Å². The Morgan fingerprint density at radius 3 is 2.15 bits per heavy atom. The molecule has 0 spiro atoms. The fraction of sp³-hybridized carbons (Fsp3) is 0.348. The van der Waals surface area contributed by atoms with Gasteiger partial charge in [-0.2, -0.15) is 0 Å². The van der Waals surface area contributed by atoms with Crippen molar-refractivity contribution >= 4 is 17.2 Å². The van der Waals surface area contributed by atoms with Crippen molar-refractivity contribution in [3.8, 4) is 0 Å². The van der Waals surface area contributed by atoms with Gasteiger partial charge in [0.2, 0.25) is 0 Å². The van der Waals surface area contributed by atoms with E-state index in [0.29, 0.717) is 0 Å². The molecular formula is C23H29N3O. The number of carbonyl (C=O) groups is 1. The standard InChI is InChI=1S/C23H29N3O/c1-3-26(4-2)23(27)19-11-9-17(10-12-19)22(18-13-15-25-16-14-18)20-7-5-6-8-21(20)24/h5-12,25H,3-4,13-16,24H2,1-2H3. The molecule has 0 aliphatic carbocycles. The molecule has 27 heavy (non-hydrogen) atoms. The highest BCUT2D eigenvalue weighted by molar-refractivity contribution is 5.95. The summed E-state index contributed by atoms with van der Waals surface area (Å²) in [6, 6.07) is 16.1. The lowest BCUT2D eigenvalue weighted by Gasteiger charge is -2.22. The summed E-state index contributed by atoms with van der Waals surface area (Å²) in [7, 11) is 0. The molecule has 1 aliphatic heterocycles. The van der Waals surface area contributed by atoms with Gasteiger partial charge in [-0.15, -0.1) is 0 Å². The average Bonchev–Trinajstić information content (AvgIpc) is 2.72. The predicted octanol–water partition coefficient (Wildman–Crippen LogP) is 3.94. The third-order valence-corrected chi connectivity index (χ3v) is 5.26. The molecule has 0 bridgehead atoms. The maximum absolute atomic E-state index is 12.6. The van der Waals surface area contributed by atoms with E-state index in [0.717, 1.165) is 61.4 Å². The number of amides is 1. The summed E-state index contributed by atoms with van der Waals surface area (Å²) in [5.41, 5.74) is 12.7. The highest BCUT2D eigenvalue weighted by atomic mass is 16.2. The zero-order valence-electron chi connectivity index (χ0n) is 16.3. The summed E-state index contributed by atoms with van der Waals surface area (Å²) in [5.74, 6) is 0.0850. The molecule has 4 nitrogen and oxygen atoms in total. The van der Waals surface area contributed by atoms with Crippen LogP contribution in [-0.4, -0.2) is 37.0 Å². The fourth-order valence-corrected chi connectivity index (χ4v) is 3.73. The van der Waals surface area contributed by atoms with Crippen LogP contribution in [0.1, 0.15) is 48.2 Å². The van der Waals surface area contributed by atoms with Crippen molar-refractivity contribution in [2.24, 2.45) is 0 Å². The number of nitrogens with zero attached hydrogens (tertiary/aromatic N) is 1. The number of benzene rings is 2. The number of rotatable bonds is 5. The van der Waals surface area contributed by atoms with Crippen LogP contribution in [0, 0.1) is 0 Å². The number of nitrogens with one attached hydrogen (secondary N) is 1. The van der Waals surface area contributed by atoms with E-state index in [4.69, 9.17) is 5.73 Å². The number of para-hydroxylation sites is 1. The minimum atomic E-state index is 0.0850. The first kappa shape index (κ1) is 19.2. The van der Waals surface area contributed by atoms with E-state index in [2.05, 4.69) is 23.5 Å². The van der Waals surface area contributed by atoms with Crippen LogP contribution in [0.15, 0.2) is 54.1 Å². The summed E-state index contributed by atoms with van der Waals surface area (Å²) >= 11 is 0. The lowest BCUT2D eigenvalue weighted by Crippen LogP contribution is -2.30. The van der Waals surface area contributed by atoms with Gasteiger partial charge in [-0.1, -0.05) is 35.9 Å². The first-order valence-corrected chi connectivity index (χ1v) is 9.83. The molecule has 1 amide bonds. The molecule has 2 aromatic carbocycles. The molecule has 1 fully saturated rings. The monoisotopic (exact) mass is 363 g/mol. The molecular weight excluding hydrogens is 334 g/mol. The van der Waals surface area contributed by atoms with E-state index in [1.807, 2.05) is 49.1 Å². The van der Waals surface area contributed by atoms with Crippen LogP contribution in [0.3, 0.4) is 0 Å². The maximum atomic E-state index is 12.6. The van der Waals surface area contributed by atoms with Gasteiger partial charge in [0.25, 0.3) is 5.91 Å². The smallest absolute Gasteiger partial charge is 0.253 e. The number of anilines is 1. The Labute approximate surface area is 162 Å². The minimum Gasteiger partial charge on any atom is -0.398 e. The van der Waals surface area contributed by atoms with E-state index < -0.39 is 0 Å². The highest BCUT2D eigenvalue weighted by Crippen LogP contribution is 2.34. The van der Waals surface area contributed by atoms with Crippen molar-refractivity contribution < 1.29 is 4.79 Å². The normalized spacial score (nSPS) is 14.1. The molecule has 0 atom stereocenters. The molecule has 0 radical (unpaired) electrons. The van der Waals surface area contributed by atoms with Gasteiger partial charge < -0.3 is 16.0 Å². The Bertz CT molecular complexity index is 812. The first-order chi connectivity index (χ1) is 13.2. The molecule has 3 N–H and O–H groups in total. The van der Waals surface area contributed by atoms with E-state index in [1.54, 1.807) is 0 Å². The van der Waals surface area contributed by atoms with Gasteiger partial charge in [-0.25, -0.2) is 0 Å². The number of hydrogen-bond acceptors (Lipinski definition) is 3. The third-order valence-electron chi connectivity index (χ3n) is 5.26. The lowest BCUT2D eigenvalue weighted by molar-refractivity contribution is 0.0773. The Morgan fingerprint density at radius 2 is 1.56 bits per heavy atom. The molecule has 0 unspecified atom stereocenters. The van der Waals surface area contributed by atoms with Gasteiger partial charge in [0.1, 0.15) is 0 Å². The van der Waals surface area contributed by atoms with E-state index in [1.165, 1.54) is 11.1 Å². The van der Waals surface area contributed by atoms with Crippen LogP contribution in [0.2, 0.25) is 0 Å². The zero-order valence-corrected chi connectivity index (χ0v) is 16.3. The van der Waals surface area contributed by atoms with Gasteiger partial charge in [-0.3, -0.25) is 4.79 Å². The lowest BCUT2D eigenvalue weighted by atomic mass is 9.87. The zero-order chi connectivity index (χ0) is 19.2. The number of piperidine rings is 1. The van der Waals surface area contributed by atoms with Crippen LogP contribution in [0.5, 0.6) is 0 Å². The Balaban J connectivity index is 2.01. The number of carbonyl (C=O) groups excluding carboxylic acids is 1. The second-order valence-electron chi connectivity index (χ2n) is 6.87. The highest BCUT2D eigenvalue weighted by Gasteiger charge is 2.18. The van der Waals surface area contributed by atoms with Crippen LogP contribution >= 0.6 is 0 Å². The predicted molar refractivity (Wildman–Crippen MR) is 113 cm³/mol. The van der Waals surface area contributed by atoms with Crippen molar-refractivity contribution in [3.05, 3.63) is 70.8 Å². The first-order valence-electron chi connectivity index (χ1n) is 9.83. The summed E-state index contributed by atoms with van der Waals surface area (Å²) in [4.78, 5) is 14.4. The van der Waals surface area contributed by atoms with Crippen LogP contribution in [0.4, 0.5) is 5.69 Å². The van der Waals surface area contributed by atoms with Gasteiger partial charge in [0.15, 0.2) is 0 Å². The molecule has 0 aromatic heterocycles. The van der Waals surface area contributed by atoms with Gasteiger partial charge in [-0.05, 0) is 69.1 Å². The Hall–Kier alpha value is -2.59. The summed E-state index contributed by atoms with van der Waals surface area (Å²) in [6.07, 6.45) is 2.04. The van der Waals surface area contributed by atoms with Crippen LogP contribution in [0.25, 0.3) is 5.57 Å². The van der Waals surface area contributed by atoms with Gasteiger partial charge >= 0.3 is 0 Å². The van der Waals surface area contributed by atoms with Crippen LogP contribution in [-0.2, 0) is 0 Å². The van der Waals surface area contributed by atoms with Crippen molar-refractivity contribution in [1.29, 1.82) is 0 Å².